The molecule has 0 saturated carbocycles. The topological polar surface area (TPSA) is 13.0 Å². The molecule has 118 valence electrons. The highest BCUT2D eigenvalue weighted by Gasteiger charge is 2.20. The normalized spacial score (nSPS) is 12.0. The fourth-order valence-corrected chi connectivity index (χ4v) is 3.65. The number of hydrogen-bond donors (Lipinski definition) is 0. The van der Waals surface area contributed by atoms with Crippen LogP contribution in [0.2, 0.25) is 0 Å². The van der Waals surface area contributed by atoms with Gasteiger partial charge in [-0.1, -0.05) is 0 Å². The molecule has 0 spiro atoms. The second-order valence-electron chi connectivity index (χ2n) is 5.48. The van der Waals surface area contributed by atoms with E-state index in [1.807, 2.05) is 0 Å². The van der Waals surface area contributed by atoms with Crippen LogP contribution in [-0.2, 0) is 10.9 Å². The van der Waals surface area contributed by atoms with Gasteiger partial charge in [0.2, 0.25) is 0 Å². The monoisotopic (exact) mass is 301 g/mol. The highest BCUT2D eigenvalue weighted by Crippen LogP contribution is 2.01. The second kappa shape index (κ2) is 11.8. The fourth-order valence-electron chi connectivity index (χ4n) is 1.22. The molecule has 0 radical (unpaired) electrons. The number of nitrogens with zero attached hydrogens (tertiary/aromatic N) is 4. The zero-order chi connectivity index (χ0) is 15.6. The minimum Gasteiger partial charge on any atom is -0.267 e. The summed E-state index contributed by atoms with van der Waals surface area (Å²) in [5, 5.41) is 0. The van der Waals surface area contributed by atoms with Gasteiger partial charge in [-0.25, -0.2) is 0 Å². The van der Waals surface area contributed by atoms with Gasteiger partial charge in [-0.2, -0.15) is 8.78 Å². The Morgan fingerprint density at radius 1 is 0.684 bits per heavy atom. The highest BCUT2D eigenvalue weighted by atomic mass is 32.2. The van der Waals surface area contributed by atoms with E-state index in [1.165, 1.54) is 31.7 Å². The molecule has 0 aromatic carbocycles. The van der Waals surface area contributed by atoms with Crippen molar-refractivity contribution in [1.29, 1.82) is 0 Å². The third-order valence-electron chi connectivity index (χ3n) is 1.71. The van der Waals surface area contributed by atoms with Gasteiger partial charge >= 0.3 is 0 Å². The van der Waals surface area contributed by atoms with E-state index in [4.69, 9.17) is 0 Å². The van der Waals surface area contributed by atoms with Gasteiger partial charge in [-0.05, 0) is 56.4 Å². The number of hydrogen-bond acceptors (Lipinski definition) is 4. The molecule has 4 nitrogen and oxygen atoms in total. The summed E-state index contributed by atoms with van der Waals surface area (Å²) >= 11 is 0. The Bertz CT molecular complexity index is 172. The molecule has 0 heterocycles. The maximum absolute atomic E-state index is 11.1. The molecule has 0 aliphatic carbocycles. The Morgan fingerprint density at radius 2 is 0.895 bits per heavy atom. The number of alkyl halides is 2. The van der Waals surface area contributed by atoms with E-state index in [1.54, 1.807) is 0 Å². The Morgan fingerprint density at radius 3 is 1.00 bits per heavy atom. The average molecular weight is 301 g/mol. The van der Waals surface area contributed by atoms with Gasteiger partial charge in [-0.15, -0.1) is 0 Å². The molecule has 0 aromatic heterocycles. The zero-order valence-corrected chi connectivity index (χ0v) is 14.5. The predicted octanol–water partition coefficient (Wildman–Crippen LogP) is 0.933. The van der Waals surface area contributed by atoms with E-state index in [-0.39, 0.29) is 0 Å². The summed E-state index contributed by atoms with van der Waals surface area (Å²) in [7, 11) is 16.0. The van der Waals surface area contributed by atoms with Gasteiger partial charge in [0.15, 0.2) is 17.6 Å². The van der Waals surface area contributed by atoms with E-state index in [0.717, 1.165) is 4.90 Å². The van der Waals surface area contributed by atoms with Crippen molar-refractivity contribution in [1.82, 2.24) is 19.6 Å². The van der Waals surface area contributed by atoms with Crippen LogP contribution in [0.3, 0.4) is 0 Å². The Kier molecular flexibility index (Phi) is 13.3. The molecule has 0 atom stereocenters. The van der Waals surface area contributed by atoms with Crippen molar-refractivity contribution in [3.05, 3.63) is 0 Å². The Balaban J connectivity index is 0. The van der Waals surface area contributed by atoms with Gasteiger partial charge in [0.25, 0.3) is 6.55 Å². The molecule has 0 unspecified atom stereocenters. The van der Waals surface area contributed by atoms with Gasteiger partial charge in [0.05, 0.1) is 0 Å². The van der Waals surface area contributed by atoms with Crippen molar-refractivity contribution in [2.45, 2.75) is 6.55 Å². The third kappa shape index (κ3) is 18.1. The van der Waals surface area contributed by atoms with Crippen LogP contribution in [0.5, 0.6) is 0 Å². The first-order chi connectivity index (χ1) is 8.56. The highest BCUT2D eigenvalue weighted by molar-refractivity contribution is 7.96. The maximum atomic E-state index is 11.1. The fraction of sp³-hybridized carbons (Fsp3) is 1.00. The summed E-state index contributed by atoms with van der Waals surface area (Å²) < 4.78 is 22.2. The molecule has 0 rings (SSSR count). The minimum atomic E-state index is -2.31. The zero-order valence-electron chi connectivity index (χ0n) is 13.7. The van der Waals surface area contributed by atoms with Crippen LogP contribution in [0.15, 0.2) is 0 Å². The SMILES string of the molecule is CN(C)C(F)F.CN(C)C[S+](CN(C)C)CN(C)C. The lowest BCUT2D eigenvalue weighted by Gasteiger charge is -2.19. The van der Waals surface area contributed by atoms with Crippen LogP contribution in [-0.4, -0.2) is 100 Å². The van der Waals surface area contributed by atoms with Crippen molar-refractivity contribution >= 4 is 10.9 Å². The average Bonchev–Trinajstić information content (AvgIpc) is 2.14. The van der Waals surface area contributed by atoms with Gasteiger partial charge < -0.3 is 0 Å². The quantitative estimate of drug-likeness (QED) is 0.512. The van der Waals surface area contributed by atoms with Gasteiger partial charge in [0.1, 0.15) is 0 Å². The van der Waals surface area contributed by atoms with Gasteiger partial charge in [-0.3, -0.25) is 19.6 Å². The van der Waals surface area contributed by atoms with Gasteiger partial charge in [0, 0.05) is 10.9 Å². The maximum Gasteiger partial charge on any atom is 0.294 e. The van der Waals surface area contributed by atoms with E-state index in [9.17, 15) is 8.78 Å². The molecule has 0 aromatic rings. The van der Waals surface area contributed by atoms with Crippen molar-refractivity contribution in [3.8, 4) is 0 Å². The summed E-state index contributed by atoms with van der Waals surface area (Å²) in [5.41, 5.74) is 0. The molecule has 0 fully saturated rings. The summed E-state index contributed by atoms with van der Waals surface area (Å²) in [6, 6.07) is 0. The van der Waals surface area contributed by atoms with Crippen LogP contribution >= 0.6 is 0 Å². The second-order valence-corrected chi connectivity index (χ2v) is 7.48. The van der Waals surface area contributed by atoms with Crippen molar-refractivity contribution < 1.29 is 8.78 Å². The summed E-state index contributed by atoms with van der Waals surface area (Å²) in [6.45, 7) is -2.31. The van der Waals surface area contributed by atoms with Crippen LogP contribution in [0.1, 0.15) is 0 Å². The summed E-state index contributed by atoms with van der Waals surface area (Å²) in [4.78, 5) is 7.66. The number of halogens is 2. The largest absolute Gasteiger partial charge is 0.294 e. The Hall–Kier alpha value is 0.0500. The first kappa shape index (κ1) is 21.4. The molecular weight excluding hydrogens is 270 g/mol. The first-order valence-corrected chi connectivity index (χ1v) is 7.82. The lowest BCUT2D eigenvalue weighted by molar-refractivity contribution is 0.00848. The lowest BCUT2D eigenvalue weighted by Crippen LogP contribution is -2.36. The lowest BCUT2D eigenvalue weighted by atomic mass is 10.9. The molecule has 0 aliphatic rings. The third-order valence-corrected chi connectivity index (χ3v) is 4.36. The van der Waals surface area contributed by atoms with Crippen molar-refractivity contribution in [2.75, 3.05) is 74.0 Å². The van der Waals surface area contributed by atoms with E-state index >= 15 is 0 Å². The van der Waals surface area contributed by atoms with E-state index < -0.39 is 6.55 Å². The Labute approximate surface area is 120 Å². The van der Waals surface area contributed by atoms with Crippen molar-refractivity contribution in [3.63, 3.8) is 0 Å². The molecule has 19 heavy (non-hydrogen) atoms. The predicted molar refractivity (Wildman–Crippen MR) is 82.7 cm³/mol. The van der Waals surface area contributed by atoms with Crippen LogP contribution in [0.25, 0.3) is 0 Å². The van der Waals surface area contributed by atoms with Crippen LogP contribution in [0, 0.1) is 0 Å². The molecular formula is C12H31F2N4S+. The minimum absolute atomic E-state index is 0.463. The first-order valence-electron chi connectivity index (χ1n) is 6.09. The number of rotatable bonds is 7. The molecule has 0 bridgehead atoms. The summed E-state index contributed by atoms with van der Waals surface area (Å²) in [6.07, 6.45) is 0. The molecule has 7 heteroatoms. The molecule has 0 saturated heterocycles. The smallest absolute Gasteiger partial charge is 0.267 e. The van der Waals surface area contributed by atoms with Crippen LogP contribution in [0.4, 0.5) is 8.78 Å². The summed E-state index contributed by atoms with van der Waals surface area (Å²) in [5.74, 6) is 3.57. The van der Waals surface area contributed by atoms with Crippen LogP contribution < -0.4 is 0 Å². The molecule has 0 N–H and O–H groups in total. The molecule has 0 aliphatic heterocycles. The van der Waals surface area contributed by atoms with E-state index in [0.29, 0.717) is 10.9 Å². The standard InChI is InChI=1S/C9H24N3S.C3H7F2N/c1-10(2)7-13(8-11(3)4)9-12(5)6;1-6(2)3(4)5/h7-9H2,1-6H3;3H,1-2H3/q+1;. The molecule has 0 amide bonds. The van der Waals surface area contributed by atoms with E-state index in [2.05, 4.69) is 57.0 Å². The van der Waals surface area contributed by atoms with Crippen molar-refractivity contribution in [2.24, 2.45) is 0 Å².